The lowest BCUT2D eigenvalue weighted by atomic mass is 10.0. The van der Waals surface area contributed by atoms with Crippen LogP contribution in [0.5, 0.6) is 0 Å². The molecule has 3 aromatic heterocycles. The second-order valence-corrected chi connectivity index (χ2v) is 9.04. The largest absolute Gasteiger partial charge is 0.345 e. The zero-order valence-electron chi connectivity index (χ0n) is 19.7. The SMILES string of the molecule is C1CCCC1.C1CCNC1.c1cn2ccc(-c3ccc(-c4ccc5nc[nH]c5c4)cc3)cc2n1. The molecule has 5 nitrogen and oxygen atoms in total. The quantitative estimate of drug-likeness (QED) is 0.308. The highest BCUT2D eigenvalue weighted by Gasteiger charge is 2.04. The summed E-state index contributed by atoms with van der Waals surface area (Å²) in [5, 5.41) is 3.22. The number of nitrogens with zero attached hydrogens (tertiary/aromatic N) is 3. The molecular weight excluding hydrogens is 418 g/mol. The van der Waals surface area contributed by atoms with Crippen LogP contribution in [-0.4, -0.2) is 32.4 Å². The van der Waals surface area contributed by atoms with E-state index < -0.39 is 0 Å². The molecule has 1 aliphatic heterocycles. The minimum atomic E-state index is 0.960. The zero-order valence-corrected chi connectivity index (χ0v) is 19.7. The van der Waals surface area contributed by atoms with E-state index in [1.54, 1.807) is 6.33 Å². The van der Waals surface area contributed by atoms with Gasteiger partial charge in [0.2, 0.25) is 0 Å². The van der Waals surface area contributed by atoms with E-state index in [1.165, 1.54) is 80.3 Å². The molecule has 174 valence electrons. The molecule has 2 aromatic carbocycles. The summed E-state index contributed by atoms with van der Waals surface area (Å²) in [5.41, 5.74) is 7.74. The molecule has 5 heteroatoms. The number of hydrogen-bond donors (Lipinski definition) is 2. The van der Waals surface area contributed by atoms with Gasteiger partial charge in [-0.1, -0.05) is 62.4 Å². The van der Waals surface area contributed by atoms with Gasteiger partial charge < -0.3 is 14.7 Å². The second kappa shape index (κ2) is 11.1. The third-order valence-electron chi connectivity index (χ3n) is 6.58. The number of rotatable bonds is 2. The van der Waals surface area contributed by atoms with Crippen LogP contribution in [0.15, 0.2) is 79.5 Å². The molecule has 0 unspecified atom stereocenters. The summed E-state index contributed by atoms with van der Waals surface area (Å²) in [6.45, 7) is 2.50. The van der Waals surface area contributed by atoms with Crippen LogP contribution in [0.3, 0.4) is 0 Å². The summed E-state index contributed by atoms with van der Waals surface area (Å²) in [7, 11) is 0. The Morgan fingerprint density at radius 1 is 0.618 bits per heavy atom. The molecule has 1 aliphatic carbocycles. The maximum Gasteiger partial charge on any atom is 0.137 e. The van der Waals surface area contributed by atoms with E-state index in [4.69, 9.17) is 0 Å². The van der Waals surface area contributed by atoms with Gasteiger partial charge in [-0.25, -0.2) is 9.97 Å². The summed E-state index contributed by atoms with van der Waals surface area (Å²) >= 11 is 0. The molecule has 2 fully saturated rings. The highest BCUT2D eigenvalue weighted by Crippen LogP contribution is 2.27. The van der Waals surface area contributed by atoms with Crippen molar-refractivity contribution in [2.75, 3.05) is 13.1 Å². The van der Waals surface area contributed by atoms with Crippen LogP contribution >= 0.6 is 0 Å². The Balaban J connectivity index is 0.000000199. The topological polar surface area (TPSA) is 58.0 Å². The summed E-state index contributed by atoms with van der Waals surface area (Å²) < 4.78 is 2.01. The lowest BCUT2D eigenvalue weighted by Gasteiger charge is -2.06. The molecule has 7 rings (SSSR count). The Morgan fingerprint density at radius 2 is 1.26 bits per heavy atom. The number of nitrogens with one attached hydrogen (secondary N) is 2. The van der Waals surface area contributed by atoms with Crippen molar-refractivity contribution >= 4 is 16.7 Å². The molecule has 2 N–H and O–H groups in total. The standard InChI is InChI=1S/C20H14N4.C5H10.C4H9N/c1-3-15(17-7-9-24-10-8-21-20(24)12-17)4-2-14(1)16-5-6-18-19(11-16)23-13-22-18;2*1-2-4-5-3-1/h1-13H,(H,22,23);1-5H2;5H,1-4H2. The van der Waals surface area contributed by atoms with Gasteiger partial charge in [0, 0.05) is 18.6 Å². The van der Waals surface area contributed by atoms with E-state index in [-0.39, 0.29) is 0 Å². The molecule has 2 aliphatic rings. The van der Waals surface area contributed by atoms with E-state index in [9.17, 15) is 0 Å². The first-order valence-corrected chi connectivity index (χ1v) is 12.5. The fourth-order valence-electron chi connectivity index (χ4n) is 4.57. The van der Waals surface area contributed by atoms with Crippen LogP contribution in [0.4, 0.5) is 0 Å². The predicted molar refractivity (Wildman–Crippen MR) is 141 cm³/mol. The van der Waals surface area contributed by atoms with Gasteiger partial charge in [0.05, 0.1) is 17.4 Å². The summed E-state index contributed by atoms with van der Waals surface area (Å²) in [5.74, 6) is 0. The van der Waals surface area contributed by atoms with Crippen molar-refractivity contribution < 1.29 is 0 Å². The van der Waals surface area contributed by atoms with Crippen LogP contribution in [-0.2, 0) is 0 Å². The van der Waals surface area contributed by atoms with E-state index in [2.05, 4.69) is 68.8 Å². The Morgan fingerprint density at radius 3 is 1.91 bits per heavy atom. The smallest absolute Gasteiger partial charge is 0.137 e. The van der Waals surface area contributed by atoms with Crippen molar-refractivity contribution in [2.24, 2.45) is 0 Å². The average molecular weight is 452 g/mol. The molecule has 0 atom stereocenters. The van der Waals surface area contributed by atoms with Gasteiger partial charge in [0.1, 0.15) is 5.65 Å². The Labute approximate surface area is 201 Å². The number of pyridine rings is 1. The fraction of sp³-hybridized carbons (Fsp3) is 0.310. The van der Waals surface area contributed by atoms with Crippen LogP contribution < -0.4 is 5.32 Å². The van der Waals surface area contributed by atoms with Crippen molar-refractivity contribution in [2.45, 2.75) is 44.9 Å². The number of hydrogen-bond acceptors (Lipinski definition) is 3. The third-order valence-corrected chi connectivity index (χ3v) is 6.58. The average Bonchev–Trinajstić information content (AvgIpc) is 3.72. The van der Waals surface area contributed by atoms with E-state index >= 15 is 0 Å². The van der Waals surface area contributed by atoms with Gasteiger partial charge in [0.25, 0.3) is 0 Å². The van der Waals surface area contributed by atoms with Gasteiger partial charge in [0.15, 0.2) is 0 Å². The van der Waals surface area contributed by atoms with Gasteiger partial charge in [-0.05, 0) is 72.5 Å². The van der Waals surface area contributed by atoms with Gasteiger partial charge >= 0.3 is 0 Å². The van der Waals surface area contributed by atoms with Crippen molar-refractivity contribution in [3.63, 3.8) is 0 Å². The molecular formula is C29H33N5. The van der Waals surface area contributed by atoms with Crippen molar-refractivity contribution in [3.8, 4) is 22.3 Å². The Kier molecular flexibility index (Phi) is 7.31. The van der Waals surface area contributed by atoms with Crippen LogP contribution in [0.1, 0.15) is 44.9 Å². The Hall–Kier alpha value is -3.44. The molecule has 0 spiro atoms. The van der Waals surface area contributed by atoms with Gasteiger partial charge in [-0.2, -0.15) is 0 Å². The second-order valence-electron chi connectivity index (χ2n) is 9.04. The number of aromatic amines is 1. The van der Waals surface area contributed by atoms with Gasteiger partial charge in [-0.15, -0.1) is 0 Å². The van der Waals surface area contributed by atoms with E-state index in [0.717, 1.165) is 16.7 Å². The number of benzene rings is 2. The highest BCUT2D eigenvalue weighted by molar-refractivity contribution is 5.82. The molecule has 5 aromatic rings. The molecule has 34 heavy (non-hydrogen) atoms. The first-order chi connectivity index (χ1) is 16.9. The number of imidazole rings is 2. The number of aromatic nitrogens is 4. The van der Waals surface area contributed by atoms with Crippen LogP contribution in [0, 0.1) is 0 Å². The van der Waals surface area contributed by atoms with Crippen LogP contribution in [0.2, 0.25) is 0 Å². The minimum absolute atomic E-state index is 0.960. The first-order valence-electron chi connectivity index (χ1n) is 12.5. The number of H-pyrrole nitrogens is 1. The van der Waals surface area contributed by atoms with Gasteiger partial charge in [-0.3, -0.25) is 0 Å². The lowest BCUT2D eigenvalue weighted by Crippen LogP contribution is -2.03. The van der Waals surface area contributed by atoms with Crippen molar-refractivity contribution in [1.29, 1.82) is 0 Å². The summed E-state index contributed by atoms with van der Waals surface area (Å²) in [6, 6.07) is 19.1. The van der Waals surface area contributed by atoms with Crippen LogP contribution in [0.25, 0.3) is 38.9 Å². The maximum atomic E-state index is 4.35. The predicted octanol–water partition coefficient (Wildman–Crippen LogP) is 6.86. The van der Waals surface area contributed by atoms with Crippen molar-refractivity contribution in [3.05, 3.63) is 79.5 Å². The summed E-state index contributed by atoms with van der Waals surface area (Å²) in [4.78, 5) is 11.8. The van der Waals surface area contributed by atoms with E-state index in [1.807, 2.05) is 29.1 Å². The molecule has 4 heterocycles. The number of fused-ring (bicyclic) bond motifs is 2. The molecule has 1 saturated heterocycles. The highest BCUT2D eigenvalue weighted by atomic mass is 15.0. The minimum Gasteiger partial charge on any atom is -0.345 e. The molecule has 1 saturated carbocycles. The zero-order chi connectivity index (χ0) is 23.0. The third kappa shape index (κ3) is 5.54. The normalized spacial score (nSPS) is 15.1. The van der Waals surface area contributed by atoms with Crippen molar-refractivity contribution in [1.82, 2.24) is 24.7 Å². The fourth-order valence-corrected chi connectivity index (χ4v) is 4.57. The maximum absolute atomic E-state index is 4.35. The summed E-state index contributed by atoms with van der Waals surface area (Å²) in [6.07, 6.45) is 17.8. The monoisotopic (exact) mass is 451 g/mol. The first kappa shape index (κ1) is 22.4. The molecule has 0 amide bonds. The molecule has 0 bridgehead atoms. The van der Waals surface area contributed by atoms with E-state index in [0.29, 0.717) is 0 Å². The Bertz CT molecular complexity index is 1190. The lowest BCUT2D eigenvalue weighted by molar-refractivity contribution is 0.857. The molecule has 0 radical (unpaired) electrons.